The van der Waals surface area contributed by atoms with E-state index in [2.05, 4.69) is 15.9 Å². The Morgan fingerprint density at radius 1 is 1.29 bits per heavy atom. The van der Waals surface area contributed by atoms with E-state index >= 15 is 0 Å². The second-order valence-electron chi connectivity index (χ2n) is 3.31. The average molecular weight is 281 g/mol. The zero-order valence-electron chi connectivity index (χ0n) is 7.79. The molecule has 0 atom stereocenters. The quantitative estimate of drug-likeness (QED) is 0.780. The molecule has 1 aromatic carbocycles. The molecule has 0 spiro atoms. The minimum absolute atomic E-state index is 0.160. The Kier molecular flexibility index (Phi) is 3.32. The smallest absolute Gasteiger partial charge is 0.189 e. The molecule has 5 heteroatoms. The van der Waals surface area contributed by atoms with Crippen molar-refractivity contribution < 1.29 is 12.3 Å². The summed E-state index contributed by atoms with van der Waals surface area (Å²) in [6.07, 6.45) is 0. The summed E-state index contributed by atoms with van der Waals surface area (Å²) in [5.74, 6) is 0.160. The predicted molar refractivity (Wildman–Crippen MR) is 56.5 cm³/mol. The number of hydrogen-bond donors (Lipinski definition) is 0. The van der Waals surface area contributed by atoms with Crippen molar-refractivity contribution in [1.29, 1.82) is 0 Å². The van der Waals surface area contributed by atoms with Crippen LogP contribution in [0.5, 0.6) is 0 Å². The monoisotopic (exact) mass is 280 g/mol. The summed E-state index contributed by atoms with van der Waals surface area (Å²) in [4.78, 5) is -0.296. The van der Waals surface area contributed by atoms with Crippen LogP contribution in [-0.2, 0) is 10.2 Å². The second kappa shape index (κ2) is 3.98. The van der Waals surface area contributed by atoms with Gasteiger partial charge in [0, 0.05) is 4.47 Å². The Hall–Kier alpha value is -0.420. The fraction of sp³-hybridized carbons (Fsp3) is 0.333. The van der Waals surface area contributed by atoms with Crippen LogP contribution in [0.25, 0.3) is 0 Å². The van der Waals surface area contributed by atoms with Crippen molar-refractivity contribution in [2.75, 3.05) is 0 Å². The van der Waals surface area contributed by atoms with Crippen molar-refractivity contribution in [2.24, 2.45) is 0 Å². The van der Waals surface area contributed by atoms with Crippen molar-refractivity contribution in [2.45, 2.75) is 24.7 Å². The third kappa shape index (κ3) is 2.78. The number of hydrogen-bond acceptors (Lipinski definition) is 2. The van der Waals surface area contributed by atoms with E-state index in [0.29, 0.717) is 4.47 Å². The van der Waals surface area contributed by atoms with Crippen molar-refractivity contribution in [3.63, 3.8) is 0 Å². The molecule has 0 heterocycles. The molecule has 0 unspecified atom stereocenters. The molecule has 0 aromatic heterocycles. The largest absolute Gasteiger partial charge is 0.332 e. The van der Waals surface area contributed by atoms with E-state index in [1.165, 1.54) is 12.1 Å². The topological polar surface area (TPSA) is 34.1 Å². The van der Waals surface area contributed by atoms with Crippen LogP contribution in [0.3, 0.4) is 0 Å². The summed E-state index contributed by atoms with van der Waals surface area (Å²) in [7, 11) is -4.61. The van der Waals surface area contributed by atoms with Gasteiger partial charge in [-0.15, -0.1) is 3.89 Å². The average Bonchev–Trinajstić information content (AvgIpc) is 2.01. The fourth-order valence-corrected chi connectivity index (χ4v) is 2.27. The highest BCUT2D eigenvalue weighted by Gasteiger charge is 2.14. The van der Waals surface area contributed by atoms with E-state index in [-0.39, 0.29) is 10.8 Å². The lowest BCUT2D eigenvalue weighted by Crippen LogP contribution is -1.95. The molecule has 0 aliphatic rings. The Morgan fingerprint density at radius 3 is 2.29 bits per heavy atom. The minimum atomic E-state index is -4.61. The van der Waals surface area contributed by atoms with Gasteiger partial charge in [0.25, 0.3) is 0 Å². The lowest BCUT2D eigenvalue weighted by molar-refractivity contribution is 0.552. The van der Waals surface area contributed by atoms with Gasteiger partial charge in [0.2, 0.25) is 0 Å². The summed E-state index contributed by atoms with van der Waals surface area (Å²) in [5.41, 5.74) is 0.788. The molecule has 0 aliphatic heterocycles. The summed E-state index contributed by atoms with van der Waals surface area (Å²) in [5, 5.41) is 0. The Labute approximate surface area is 91.5 Å². The first-order valence-corrected chi connectivity index (χ1v) is 6.23. The zero-order valence-corrected chi connectivity index (χ0v) is 10.2. The molecule has 0 N–H and O–H groups in total. The van der Waals surface area contributed by atoms with Crippen LogP contribution >= 0.6 is 15.9 Å². The van der Waals surface area contributed by atoms with Gasteiger partial charge in [0.15, 0.2) is 0 Å². The van der Waals surface area contributed by atoms with Crippen LogP contribution in [-0.4, -0.2) is 8.42 Å². The van der Waals surface area contributed by atoms with Crippen LogP contribution in [0.4, 0.5) is 3.89 Å². The van der Waals surface area contributed by atoms with Gasteiger partial charge in [-0.25, -0.2) is 0 Å². The summed E-state index contributed by atoms with van der Waals surface area (Å²) in [6, 6.07) is 4.38. The molecule has 1 rings (SSSR count). The third-order valence-corrected chi connectivity index (χ3v) is 3.10. The van der Waals surface area contributed by atoms with Crippen LogP contribution in [0.15, 0.2) is 27.6 Å². The van der Waals surface area contributed by atoms with Crippen LogP contribution in [0.1, 0.15) is 25.3 Å². The third-order valence-electron chi connectivity index (χ3n) is 1.84. The van der Waals surface area contributed by atoms with Crippen molar-refractivity contribution in [3.05, 3.63) is 28.2 Å². The van der Waals surface area contributed by atoms with E-state index in [1.54, 1.807) is 6.07 Å². The van der Waals surface area contributed by atoms with E-state index in [9.17, 15) is 12.3 Å². The molecular formula is C9H10BrFO2S. The Morgan fingerprint density at radius 2 is 1.86 bits per heavy atom. The zero-order chi connectivity index (χ0) is 10.9. The van der Waals surface area contributed by atoms with Crippen LogP contribution in [0, 0.1) is 0 Å². The molecular weight excluding hydrogens is 271 g/mol. The molecule has 0 bridgehead atoms. The lowest BCUT2D eigenvalue weighted by Gasteiger charge is -2.07. The molecule has 0 fully saturated rings. The molecule has 0 amide bonds. The summed E-state index contributed by atoms with van der Waals surface area (Å²) in [6.45, 7) is 3.83. The van der Waals surface area contributed by atoms with Crippen LogP contribution in [0.2, 0.25) is 0 Å². The first kappa shape index (κ1) is 11.7. The predicted octanol–water partition coefficient (Wildman–Crippen LogP) is 3.23. The normalized spacial score (nSPS) is 12.1. The number of halogens is 2. The molecule has 1 aromatic rings. The standard InChI is InChI=1S/C9H10BrFO2S/c1-6(2)7-3-8(10)5-9(4-7)14(11,12)13/h3-6H,1-2H3. The Balaban J connectivity index is 3.35. The maximum atomic E-state index is 12.7. The van der Waals surface area contributed by atoms with Crippen molar-refractivity contribution in [3.8, 4) is 0 Å². The minimum Gasteiger partial charge on any atom is -0.189 e. The van der Waals surface area contributed by atoms with Crippen molar-refractivity contribution >= 4 is 26.2 Å². The second-order valence-corrected chi connectivity index (χ2v) is 5.58. The number of rotatable bonds is 2. The first-order chi connectivity index (χ1) is 6.30. The summed E-state index contributed by atoms with van der Waals surface area (Å²) >= 11 is 3.14. The molecule has 78 valence electrons. The van der Waals surface area contributed by atoms with Gasteiger partial charge in [-0.2, -0.15) is 8.42 Å². The van der Waals surface area contributed by atoms with Gasteiger partial charge in [-0.3, -0.25) is 0 Å². The van der Waals surface area contributed by atoms with Gasteiger partial charge in [0.1, 0.15) is 0 Å². The SMILES string of the molecule is CC(C)c1cc(Br)cc(S(=O)(=O)F)c1. The van der Waals surface area contributed by atoms with Gasteiger partial charge in [-0.05, 0) is 29.7 Å². The molecule has 0 saturated heterocycles. The van der Waals surface area contributed by atoms with Crippen LogP contribution < -0.4 is 0 Å². The molecule has 0 aliphatic carbocycles. The fourth-order valence-electron chi connectivity index (χ4n) is 1.06. The lowest BCUT2D eigenvalue weighted by atomic mass is 10.0. The highest BCUT2D eigenvalue weighted by Crippen LogP contribution is 2.25. The molecule has 0 radical (unpaired) electrons. The molecule has 2 nitrogen and oxygen atoms in total. The highest BCUT2D eigenvalue weighted by molar-refractivity contribution is 9.10. The molecule has 14 heavy (non-hydrogen) atoms. The maximum Gasteiger partial charge on any atom is 0.332 e. The van der Waals surface area contributed by atoms with Gasteiger partial charge < -0.3 is 0 Å². The summed E-state index contributed by atoms with van der Waals surface area (Å²) < 4.78 is 34.6. The van der Waals surface area contributed by atoms with Gasteiger partial charge >= 0.3 is 10.2 Å². The van der Waals surface area contributed by atoms with E-state index in [4.69, 9.17) is 0 Å². The van der Waals surface area contributed by atoms with Gasteiger partial charge in [0.05, 0.1) is 4.90 Å². The highest BCUT2D eigenvalue weighted by atomic mass is 79.9. The van der Waals surface area contributed by atoms with E-state index in [1.807, 2.05) is 13.8 Å². The van der Waals surface area contributed by atoms with Gasteiger partial charge in [-0.1, -0.05) is 29.8 Å². The first-order valence-electron chi connectivity index (χ1n) is 4.06. The van der Waals surface area contributed by atoms with E-state index < -0.39 is 10.2 Å². The molecule has 0 saturated carbocycles. The maximum absolute atomic E-state index is 12.7. The number of benzene rings is 1. The van der Waals surface area contributed by atoms with E-state index in [0.717, 1.165) is 5.56 Å². The Bertz CT molecular complexity index is 440. The van der Waals surface area contributed by atoms with Crippen molar-refractivity contribution in [1.82, 2.24) is 0 Å².